The quantitative estimate of drug-likeness (QED) is 0.707. The van der Waals surface area contributed by atoms with Crippen LogP contribution in [-0.2, 0) is 16.0 Å². The van der Waals surface area contributed by atoms with E-state index in [1.165, 1.54) is 0 Å². The van der Waals surface area contributed by atoms with Crippen molar-refractivity contribution in [1.82, 2.24) is 5.32 Å². The van der Waals surface area contributed by atoms with Crippen molar-refractivity contribution in [3.8, 4) is 5.75 Å². The molecule has 0 radical (unpaired) electrons. The fraction of sp³-hybridized carbons (Fsp3) is 0.364. The zero-order valence-electron chi connectivity index (χ0n) is 16.9. The molecule has 2 aromatic rings. The lowest BCUT2D eigenvalue weighted by atomic mass is 10.1. The van der Waals surface area contributed by atoms with Crippen LogP contribution in [0.15, 0.2) is 53.4 Å². The molecule has 0 bridgehead atoms. The molecule has 2 aromatic carbocycles. The van der Waals surface area contributed by atoms with Gasteiger partial charge in [0.05, 0.1) is 7.11 Å². The first kappa shape index (κ1) is 21.8. The van der Waals surface area contributed by atoms with E-state index in [9.17, 15) is 9.59 Å². The monoisotopic (exact) mass is 401 g/mol. The highest BCUT2D eigenvalue weighted by Crippen LogP contribution is 2.23. The fourth-order valence-electron chi connectivity index (χ4n) is 2.43. The van der Waals surface area contributed by atoms with Crippen LogP contribution in [0.5, 0.6) is 5.75 Å². The first-order chi connectivity index (χ1) is 13.2. The molecule has 28 heavy (non-hydrogen) atoms. The Hall–Kier alpha value is -2.47. The summed E-state index contributed by atoms with van der Waals surface area (Å²) in [5.74, 6) is 0.737. The summed E-state index contributed by atoms with van der Waals surface area (Å²) in [6.45, 7) is 7.35. The Kier molecular flexibility index (Phi) is 7.52. The number of hydrogen-bond acceptors (Lipinski definition) is 5. The number of aryl methyl sites for hydroxylation is 1. The van der Waals surface area contributed by atoms with Crippen LogP contribution in [0, 0.1) is 6.92 Å². The SMILES string of the molecule is COc1ccc(C[C@H](NC(=O)OC(C)(C)C)C(=O)Sc2ccc(C)cc2)cc1. The molecule has 6 heteroatoms. The molecule has 0 fully saturated rings. The molecule has 1 amide bonds. The van der Waals surface area contributed by atoms with Gasteiger partial charge < -0.3 is 14.8 Å². The van der Waals surface area contributed by atoms with Gasteiger partial charge in [0, 0.05) is 11.3 Å². The molecule has 1 atom stereocenters. The van der Waals surface area contributed by atoms with Crippen molar-refractivity contribution in [1.29, 1.82) is 0 Å². The summed E-state index contributed by atoms with van der Waals surface area (Å²) in [5, 5.41) is 2.57. The number of carbonyl (C=O) groups excluding carboxylic acids is 2. The average molecular weight is 402 g/mol. The summed E-state index contributed by atoms with van der Waals surface area (Å²) in [6.07, 6.45) is -0.245. The smallest absolute Gasteiger partial charge is 0.408 e. The Morgan fingerprint density at radius 1 is 1.04 bits per heavy atom. The minimum Gasteiger partial charge on any atom is -0.497 e. The lowest BCUT2D eigenvalue weighted by Gasteiger charge is -2.23. The first-order valence-electron chi connectivity index (χ1n) is 9.07. The maximum absolute atomic E-state index is 12.9. The van der Waals surface area contributed by atoms with E-state index in [4.69, 9.17) is 9.47 Å². The zero-order valence-corrected chi connectivity index (χ0v) is 17.8. The van der Waals surface area contributed by atoms with Crippen molar-refractivity contribution >= 4 is 23.0 Å². The van der Waals surface area contributed by atoms with Gasteiger partial charge in [0.1, 0.15) is 17.4 Å². The Morgan fingerprint density at radius 3 is 2.18 bits per heavy atom. The Bertz CT molecular complexity index is 795. The predicted molar refractivity (Wildman–Crippen MR) is 112 cm³/mol. The molecule has 0 aliphatic carbocycles. The number of alkyl carbamates (subject to hydrolysis) is 1. The number of thioether (sulfide) groups is 1. The van der Waals surface area contributed by atoms with Gasteiger partial charge in [0.15, 0.2) is 0 Å². The Morgan fingerprint density at radius 2 is 1.64 bits per heavy atom. The van der Waals surface area contributed by atoms with E-state index in [1.807, 2.05) is 55.5 Å². The van der Waals surface area contributed by atoms with E-state index in [-0.39, 0.29) is 5.12 Å². The molecule has 0 saturated heterocycles. The third kappa shape index (κ3) is 7.27. The van der Waals surface area contributed by atoms with E-state index in [1.54, 1.807) is 27.9 Å². The maximum atomic E-state index is 12.9. The molecule has 5 nitrogen and oxygen atoms in total. The Labute approximate surface area is 170 Å². The second-order valence-corrected chi connectivity index (χ2v) is 8.56. The van der Waals surface area contributed by atoms with E-state index < -0.39 is 17.7 Å². The molecule has 0 aromatic heterocycles. The lowest BCUT2D eigenvalue weighted by Crippen LogP contribution is -2.43. The van der Waals surface area contributed by atoms with Crippen LogP contribution >= 0.6 is 11.8 Å². The standard InChI is InChI=1S/C22H27NO4S/c1-15-6-12-18(13-7-15)28-20(24)19(23-21(25)27-22(2,3)4)14-16-8-10-17(26-5)11-9-16/h6-13,19H,14H2,1-5H3,(H,23,25)/t19-/m0/s1. The minimum atomic E-state index is -0.713. The molecule has 0 aliphatic heterocycles. The number of benzene rings is 2. The summed E-state index contributed by atoms with van der Waals surface area (Å²) in [7, 11) is 1.60. The van der Waals surface area contributed by atoms with Gasteiger partial charge in [-0.3, -0.25) is 4.79 Å². The highest BCUT2D eigenvalue weighted by molar-refractivity contribution is 8.13. The maximum Gasteiger partial charge on any atom is 0.408 e. The normalized spacial score (nSPS) is 12.2. The topological polar surface area (TPSA) is 64.6 Å². The molecule has 0 spiro atoms. The fourth-order valence-corrected chi connectivity index (χ4v) is 3.22. The van der Waals surface area contributed by atoms with Crippen LogP contribution in [0.1, 0.15) is 31.9 Å². The first-order valence-corrected chi connectivity index (χ1v) is 9.89. The zero-order chi connectivity index (χ0) is 20.7. The van der Waals surface area contributed by atoms with Crippen LogP contribution in [-0.4, -0.2) is 30.0 Å². The summed E-state index contributed by atoms with van der Waals surface area (Å²) in [5.41, 5.74) is 1.40. The number of rotatable bonds is 6. The van der Waals surface area contributed by atoms with Gasteiger partial charge in [-0.05, 0) is 69.3 Å². The van der Waals surface area contributed by atoms with Crippen molar-refractivity contribution in [2.75, 3.05) is 7.11 Å². The van der Waals surface area contributed by atoms with Gasteiger partial charge in [-0.2, -0.15) is 0 Å². The van der Waals surface area contributed by atoms with Gasteiger partial charge in [-0.25, -0.2) is 4.79 Å². The number of hydrogen-bond donors (Lipinski definition) is 1. The second kappa shape index (κ2) is 9.64. The average Bonchev–Trinajstić information content (AvgIpc) is 2.62. The van der Waals surface area contributed by atoms with Gasteiger partial charge in [0.2, 0.25) is 5.12 Å². The molecule has 0 saturated carbocycles. The molecule has 150 valence electrons. The third-order valence-electron chi connectivity index (χ3n) is 3.81. The van der Waals surface area contributed by atoms with Gasteiger partial charge in [-0.1, -0.05) is 29.8 Å². The van der Waals surface area contributed by atoms with Crippen molar-refractivity contribution < 1.29 is 19.1 Å². The highest BCUT2D eigenvalue weighted by atomic mass is 32.2. The van der Waals surface area contributed by atoms with Crippen molar-refractivity contribution in [3.05, 3.63) is 59.7 Å². The molecule has 2 rings (SSSR count). The minimum absolute atomic E-state index is 0.148. The van der Waals surface area contributed by atoms with E-state index in [0.717, 1.165) is 33.5 Å². The van der Waals surface area contributed by atoms with Gasteiger partial charge in [-0.15, -0.1) is 0 Å². The Balaban J connectivity index is 2.14. The summed E-state index contributed by atoms with van der Waals surface area (Å²) < 4.78 is 10.5. The van der Waals surface area contributed by atoms with Crippen molar-refractivity contribution in [2.45, 2.75) is 50.7 Å². The summed E-state index contributed by atoms with van der Waals surface area (Å²) in [4.78, 5) is 26.0. The number of amides is 1. The molecular formula is C22H27NO4S. The van der Waals surface area contributed by atoms with E-state index in [0.29, 0.717) is 6.42 Å². The van der Waals surface area contributed by atoms with Gasteiger partial charge >= 0.3 is 6.09 Å². The molecule has 0 heterocycles. The molecule has 0 aliphatic rings. The van der Waals surface area contributed by atoms with Crippen molar-refractivity contribution in [3.63, 3.8) is 0 Å². The summed E-state index contributed by atoms with van der Waals surface area (Å²) in [6, 6.07) is 14.4. The number of nitrogens with one attached hydrogen (secondary N) is 1. The van der Waals surface area contributed by atoms with Crippen LogP contribution < -0.4 is 10.1 Å². The highest BCUT2D eigenvalue weighted by Gasteiger charge is 2.25. The molecular weight excluding hydrogens is 374 g/mol. The largest absolute Gasteiger partial charge is 0.497 e. The number of ether oxygens (including phenoxy) is 2. The van der Waals surface area contributed by atoms with E-state index in [2.05, 4.69) is 5.32 Å². The number of methoxy groups -OCH3 is 1. The van der Waals surface area contributed by atoms with Crippen LogP contribution in [0.4, 0.5) is 4.79 Å². The molecule has 1 N–H and O–H groups in total. The van der Waals surface area contributed by atoms with Crippen LogP contribution in [0.2, 0.25) is 0 Å². The summed E-state index contributed by atoms with van der Waals surface area (Å²) >= 11 is 1.11. The van der Waals surface area contributed by atoms with Crippen molar-refractivity contribution in [2.24, 2.45) is 0 Å². The second-order valence-electron chi connectivity index (χ2n) is 7.49. The molecule has 0 unspecified atom stereocenters. The van der Waals surface area contributed by atoms with Crippen LogP contribution in [0.25, 0.3) is 0 Å². The van der Waals surface area contributed by atoms with Gasteiger partial charge in [0.25, 0.3) is 0 Å². The lowest BCUT2D eigenvalue weighted by molar-refractivity contribution is -0.112. The van der Waals surface area contributed by atoms with E-state index >= 15 is 0 Å². The predicted octanol–water partition coefficient (Wildman–Crippen LogP) is 4.76. The van der Waals surface area contributed by atoms with Crippen LogP contribution in [0.3, 0.4) is 0 Å². The number of carbonyl (C=O) groups is 2. The third-order valence-corrected chi connectivity index (χ3v) is 4.81.